The fourth-order valence-corrected chi connectivity index (χ4v) is 4.78. The Labute approximate surface area is 194 Å². The van der Waals surface area contributed by atoms with E-state index in [9.17, 15) is 18.4 Å². The van der Waals surface area contributed by atoms with Crippen LogP contribution in [0.4, 0.5) is 20.2 Å². The van der Waals surface area contributed by atoms with Crippen LogP contribution in [0.15, 0.2) is 53.5 Å². The number of oxazole rings is 1. The lowest BCUT2D eigenvalue weighted by atomic mass is 10.0. The van der Waals surface area contributed by atoms with E-state index < -0.39 is 17.5 Å². The van der Waals surface area contributed by atoms with Crippen molar-refractivity contribution in [2.24, 2.45) is 5.92 Å². The molecule has 1 fully saturated rings. The molecule has 4 rings (SSSR count). The molecule has 3 aromatic rings. The molecule has 2 heterocycles. The Balaban J connectivity index is 1.52. The number of hydrogen-bond acceptors (Lipinski definition) is 5. The lowest BCUT2D eigenvalue weighted by Crippen LogP contribution is -2.42. The normalized spacial score (nSPS) is 14.2. The molecule has 172 valence electrons. The topological polar surface area (TPSA) is 75.4 Å². The third kappa shape index (κ3) is 5.42. The van der Waals surface area contributed by atoms with Gasteiger partial charge in [0.15, 0.2) is 6.39 Å². The van der Waals surface area contributed by atoms with E-state index in [-0.39, 0.29) is 29.6 Å². The van der Waals surface area contributed by atoms with Crippen LogP contribution in [0.3, 0.4) is 0 Å². The van der Waals surface area contributed by atoms with Crippen molar-refractivity contribution in [2.45, 2.75) is 19.8 Å². The molecule has 1 N–H and O–H groups in total. The number of halogens is 2. The largest absolute Gasteiger partial charge is 0.451 e. The number of amides is 2. The van der Waals surface area contributed by atoms with Gasteiger partial charge in [-0.1, -0.05) is 12.1 Å². The first kappa shape index (κ1) is 23.0. The Bertz CT molecular complexity index is 1110. The third-order valence-corrected chi connectivity index (χ3v) is 6.66. The van der Waals surface area contributed by atoms with E-state index in [1.165, 1.54) is 24.5 Å². The van der Waals surface area contributed by atoms with Gasteiger partial charge in [-0.05, 0) is 55.5 Å². The maximum Gasteiger partial charge on any atom is 0.244 e. The summed E-state index contributed by atoms with van der Waals surface area (Å²) < 4.78 is 33.5. The minimum Gasteiger partial charge on any atom is -0.451 e. The highest BCUT2D eigenvalue weighted by atomic mass is 32.2. The number of benzene rings is 2. The molecular weight excluding hydrogens is 448 g/mol. The summed E-state index contributed by atoms with van der Waals surface area (Å²) in [6.45, 7) is 0.976. The molecule has 0 saturated carbocycles. The minimum absolute atomic E-state index is 0.0374. The van der Waals surface area contributed by atoms with E-state index >= 15 is 0 Å². The molecule has 0 atom stereocenters. The molecule has 0 bridgehead atoms. The average Bonchev–Trinajstić information content (AvgIpc) is 3.36. The highest BCUT2D eigenvalue weighted by Crippen LogP contribution is 2.29. The zero-order chi connectivity index (χ0) is 23.4. The van der Waals surface area contributed by atoms with Crippen molar-refractivity contribution >= 4 is 35.0 Å². The van der Waals surface area contributed by atoms with Crippen molar-refractivity contribution in [1.29, 1.82) is 0 Å². The zero-order valence-corrected chi connectivity index (χ0v) is 18.8. The molecule has 0 unspecified atom stereocenters. The molecule has 1 aromatic heterocycles. The molecule has 2 aromatic carbocycles. The summed E-state index contributed by atoms with van der Waals surface area (Å²) >= 11 is 1.77. The van der Waals surface area contributed by atoms with Gasteiger partial charge >= 0.3 is 0 Å². The van der Waals surface area contributed by atoms with E-state index in [0.29, 0.717) is 24.2 Å². The first-order valence-electron chi connectivity index (χ1n) is 10.6. The van der Waals surface area contributed by atoms with Crippen molar-refractivity contribution in [3.8, 4) is 11.3 Å². The summed E-state index contributed by atoms with van der Waals surface area (Å²) in [5.74, 6) is -0.890. The number of carbonyl (C=O) groups excluding carboxylic acids is 2. The van der Waals surface area contributed by atoms with Gasteiger partial charge in [-0.15, -0.1) is 0 Å². The van der Waals surface area contributed by atoms with Crippen LogP contribution in [0.2, 0.25) is 0 Å². The quantitative estimate of drug-likeness (QED) is 0.545. The second kappa shape index (κ2) is 10.2. The van der Waals surface area contributed by atoms with Gasteiger partial charge in [0, 0.05) is 22.7 Å². The van der Waals surface area contributed by atoms with Gasteiger partial charge < -0.3 is 14.6 Å². The Morgan fingerprint density at radius 2 is 1.82 bits per heavy atom. The van der Waals surface area contributed by atoms with Crippen molar-refractivity contribution in [3.63, 3.8) is 0 Å². The Morgan fingerprint density at radius 3 is 2.42 bits per heavy atom. The minimum atomic E-state index is -0.758. The Kier molecular flexibility index (Phi) is 7.08. The monoisotopic (exact) mass is 471 g/mol. The zero-order valence-electron chi connectivity index (χ0n) is 18.0. The van der Waals surface area contributed by atoms with E-state index in [1.54, 1.807) is 36.0 Å². The lowest BCUT2D eigenvalue weighted by Gasteiger charge is -2.29. The summed E-state index contributed by atoms with van der Waals surface area (Å²) in [5.41, 5.74) is 1.92. The molecule has 2 amide bonds. The molecule has 0 radical (unpaired) electrons. The second-order valence-electron chi connectivity index (χ2n) is 7.84. The standard InChI is InChI=1S/C24H23F2N3O3S/c1-15-20(25)10-19(11-21(15)26)29(24(31)17-6-8-33-9-7-17)12-23(30)28-18-4-2-16(3-5-18)22-13-32-14-27-22/h2-5,10-11,13-14,17H,6-9,12H2,1H3,(H,28,30). The number of anilines is 2. The Hall–Kier alpha value is -3.20. The molecular formula is C24H23F2N3O3S. The van der Waals surface area contributed by atoms with Gasteiger partial charge in [0.1, 0.15) is 30.1 Å². The van der Waals surface area contributed by atoms with Crippen LogP contribution in [-0.4, -0.2) is 34.8 Å². The molecule has 9 heteroatoms. The van der Waals surface area contributed by atoms with E-state index in [1.807, 2.05) is 0 Å². The summed E-state index contributed by atoms with van der Waals surface area (Å²) in [5, 5.41) is 2.74. The maximum absolute atomic E-state index is 14.3. The molecule has 1 aliphatic heterocycles. The third-order valence-electron chi connectivity index (χ3n) is 5.61. The maximum atomic E-state index is 14.3. The number of nitrogens with one attached hydrogen (secondary N) is 1. The molecule has 0 spiro atoms. The van der Waals surface area contributed by atoms with Crippen LogP contribution >= 0.6 is 11.8 Å². The fraction of sp³-hybridized carbons (Fsp3) is 0.292. The van der Waals surface area contributed by atoms with E-state index in [2.05, 4.69) is 10.3 Å². The van der Waals surface area contributed by atoms with Crippen molar-refractivity contribution in [2.75, 3.05) is 28.3 Å². The predicted molar refractivity (Wildman–Crippen MR) is 124 cm³/mol. The number of hydrogen-bond donors (Lipinski definition) is 1. The van der Waals surface area contributed by atoms with Crippen LogP contribution in [0.1, 0.15) is 18.4 Å². The summed E-state index contributed by atoms with van der Waals surface area (Å²) in [6, 6.07) is 9.18. The number of carbonyl (C=O) groups is 2. The highest BCUT2D eigenvalue weighted by Gasteiger charge is 2.29. The van der Waals surface area contributed by atoms with Crippen molar-refractivity contribution < 1.29 is 22.8 Å². The fourth-order valence-electron chi connectivity index (χ4n) is 3.67. The van der Waals surface area contributed by atoms with Crippen LogP contribution < -0.4 is 10.2 Å². The lowest BCUT2D eigenvalue weighted by molar-refractivity contribution is -0.124. The van der Waals surface area contributed by atoms with Gasteiger partial charge in [0.2, 0.25) is 11.8 Å². The average molecular weight is 472 g/mol. The second-order valence-corrected chi connectivity index (χ2v) is 9.07. The van der Waals surface area contributed by atoms with E-state index in [0.717, 1.165) is 29.2 Å². The smallest absolute Gasteiger partial charge is 0.244 e. The highest BCUT2D eigenvalue weighted by molar-refractivity contribution is 7.99. The SMILES string of the molecule is Cc1c(F)cc(N(CC(=O)Nc2ccc(-c3cocn3)cc2)C(=O)C2CCSCC2)cc1F. The van der Waals surface area contributed by atoms with Crippen LogP contribution in [-0.2, 0) is 9.59 Å². The first-order valence-corrected chi connectivity index (χ1v) is 11.7. The van der Waals surface area contributed by atoms with E-state index in [4.69, 9.17) is 4.42 Å². The Morgan fingerprint density at radius 1 is 1.15 bits per heavy atom. The van der Waals surface area contributed by atoms with Gasteiger partial charge in [-0.25, -0.2) is 13.8 Å². The van der Waals surface area contributed by atoms with Crippen LogP contribution in [0, 0.1) is 24.5 Å². The number of aromatic nitrogens is 1. The molecule has 33 heavy (non-hydrogen) atoms. The van der Waals surface area contributed by atoms with Crippen LogP contribution in [0.5, 0.6) is 0 Å². The van der Waals surface area contributed by atoms with Crippen molar-refractivity contribution in [1.82, 2.24) is 4.98 Å². The molecule has 0 aliphatic carbocycles. The molecule has 1 aliphatic rings. The molecule has 1 saturated heterocycles. The molecule has 6 nitrogen and oxygen atoms in total. The predicted octanol–water partition coefficient (Wildman–Crippen LogP) is 5.04. The van der Waals surface area contributed by atoms with Crippen LogP contribution in [0.25, 0.3) is 11.3 Å². The number of thioether (sulfide) groups is 1. The van der Waals surface area contributed by atoms with Gasteiger partial charge in [-0.3, -0.25) is 9.59 Å². The number of nitrogens with zero attached hydrogens (tertiary/aromatic N) is 2. The van der Waals surface area contributed by atoms with Gasteiger partial charge in [-0.2, -0.15) is 11.8 Å². The summed E-state index contributed by atoms with van der Waals surface area (Å²) in [4.78, 5) is 31.3. The first-order chi connectivity index (χ1) is 15.9. The van der Waals surface area contributed by atoms with Gasteiger partial charge in [0.05, 0.1) is 5.69 Å². The summed E-state index contributed by atoms with van der Waals surface area (Å²) in [7, 11) is 0. The van der Waals surface area contributed by atoms with Gasteiger partial charge in [0.25, 0.3) is 0 Å². The number of rotatable bonds is 6. The van der Waals surface area contributed by atoms with Crippen molar-refractivity contribution in [3.05, 3.63) is 66.3 Å². The summed E-state index contributed by atoms with van der Waals surface area (Å²) in [6.07, 6.45) is 4.18.